The number of halogens is 1. The molecule has 0 rings (SSSR count). The van der Waals surface area contributed by atoms with Gasteiger partial charge in [0, 0.05) is 17.2 Å². The van der Waals surface area contributed by atoms with Crippen LogP contribution in [-0.4, -0.2) is 11.4 Å². The van der Waals surface area contributed by atoms with Crippen molar-refractivity contribution in [3.63, 3.8) is 0 Å². The van der Waals surface area contributed by atoms with Gasteiger partial charge in [-0.05, 0) is 6.42 Å². The molecule has 0 saturated carbocycles. The van der Waals surface area contributed by atoms with Crippen LogP contribution in [-0.2, 0) is 9.53 Å². The normalized spacial score (nSPS) is 8.60. The first-order chi connectivity index (χ1) is 4.57. The highest BCUT2D eigenvalue weighted by Crippen LogP contribution is 2.01. The first-order valence-electron chi connectivity index (χ1n) is 2.67. The molecule has 0 aliphatic carbocycles. The minimum atomic E-state index is -1.13. The zero-order chi connectivity index (χ0) is 8.15. The number of hydrogen-bond donors (Lipinski definition) is 0. The lowest BCUT2D eigenvalue weighted by molar-refractivity contribution is -0.132. The van der Waals surface area contributed by atoms with Gasteiger partial charge in [0.2, 0.25) is 0 Å². The zero-order valence-corrected chi connectivity index (χ0v) is 6.27. The number of rotatable bonds is 2. The Morgan fingerprint density at radius 3 is 2.40 bits per heavy atom. The van der Waals surface area contributed by atoms with E-state index in [9.17, 15) is 9.59 Å². The van der Waals surface area contributed by atoms with E-state index in [1.807, 2.05) is 0 Å². The molecule has 56 valence electrons. The maximum Gasteiger partial charge on any atom is 0.411 e. The molecule has 0 spiro atoms. The van der Waals surface area contributed by atoms with E-state index in [-0.39, 0.29) is 5.57 Å². The lowest BCUT2D eigenvalue weighted by Crippen LogP contribution is -2.07. The highest BCUT2D eigenvalue weighted by atomic mass is 35.5. The molecule has 0 atom stereocenters. The first-order valence-corrected chi connectivity index (χ1v) is 3.05. The molecular weight excluding hydrogens is 156 g/mol. The zero-order valence-electron chi connectivity index (χ0n) is 5.52. The van der Waals surface area contributed by atoms with Gasteiger partial charge in [-0.25, -0.2) is 9.59 Å². The Morgan fingerprint density at radius 1 is 1.60 bits per heavy atom. The lowest BCUT2D eigenvalue weighted by Gasteiger charge is -1.97. The molecule has 4 heteroatoms. The predicted molar refractivity (Wildman–Crippen MR) is 36.8 cm³/mol. The fourth-order valence-electron chi connectivity index (χ4n) is 0.289. The van der Waals surface area contributed by atoms with E-state index < -0.39 is 11.4 Å². The van der Waals surface area contributed by atoms with Crippen LogP contribution in [0, 0.1) is 0 Å². The summed E-state index contributed by atoms with van der Waals surface area (Å²) in [5.41, 5.74) is -0.895. The first kappa shape index (κ1) is 9.17. The summed E-state index contributed by atoms with van der Waals surface area (Å²) in [5, 5.41) is 0. The van der Waals surface area contributed by atoms with Gasteiger partial charge >= 0.3 is 11.4 Å². The topological polar surface area (TPSA) is 43.4 Å². The van der Waals surface area contributed by atoms with Crippen molar-refractivity contribution in [2.45, 2.75) is 13.3 Å². The fourth-order valence-corrected chi connectivity index (χ4v) is 0.359. The molecule has 0 heterocycles. The number of carbonyl (C=O) groups excluding carboxylic acids is 2. The summed E-state index contributed by atoms with van der Waals surface area (Å²) in [4.78, 5) is 20.5. The smallest absolute Gasteiger partial charge is 0.377 e. The molecule has 0 bridgehead atoms. The Hall–Kier alpha value is -0.830. The second kappa shape index (κ2) is 4.06. The third kappa shape index (κ3) is 3.25. The highest BCUT2D eigenvalue weighted by Gasteiger charge is 2.09. The van der Waals surface area contributed by atoms with Crippen molar-refractivity contribution in [3.05, 3.63) is 12.2 Å². The van der Waals surface area contributed by atoms with Crippen molar-refractivity contribution in [1.82, 2.24) is 0 Å². The van der Waals surface area contributed by atoms with Crippen molar-refractivity contribution in [2.24, 2.45) is 0 Å². The summed E-state index contributed by atoms with van der Waals surface area (Å²) < 4.78 is 3.99. The second-order valence-corrected chi connectivity index (χ2v) is 1.89. The molecule has 0 aromatic heterocycles. The van der Waals surface area contributed by atoms with Crippen LogP contribution < -0.4 is 0 Å². The SMILES string of the molecule is C=C(CC)C(=O)OC(=O)Cl. The molecule has 0 unspecified atom stereocenters. The Kier molecular flexibility index (Phi) is 3.72. The van der Waals surface area contributed by atoms with Gasteiger partial charge in [0.25, 0.3) is 0 Å². The molecule has 3 nitrogen and oxygen atoms in total. The van der Waals surface area contributed by atoms with Crippen LogP contribution in [0.4, 0.5) is 4.79 Å². The Balaban J connectivity index is 3.86. The highest BCUT2D eigenvalue weighted by molar-refractivity contribution is 6.62. The van der Waals surface area contributed by atoms with Crippen molar-refractivity contribution >= 4 is 23.0 Å². The van der Waals surface area contributed by atoms with Crippen molar-refractivity contribution in [3.8, 4) is 0 Å². The average Bonchev–Trinajstić information content (AvgIpc) is 1.85. The minimum Gasteiger partial charge on any atom is -0.377 e. The van der Waals surface area contributed by atoms with E-state index in [0.717, 1.165) is 0 Å². The third-order valence-corrected chi connectivity index (χ3v) is 0.966. The molecule has 0 aliphatic rings. The molecule has 0 aliphatic heterocycles. The predicted octanol–water partition coefficient (Wildman–Crippen LogP) is 1.85. The van der Waals surface area contributed by atoms with Crippen LogP contribution in [0.15, 0.2) is 12.2 Å². The average molecular weight is 163 g/mol. The van der Waals surface area contributed by atoms with Gasteiger partial charge in [-0.2, -0.15) is 0 Å². The largest absolute Gasteiger partial charge is 0.411 e. The van der Waals surface area contributed by atoms with Gasteiger partial charge in [0.15, 0.2) is 0 Å². The molecule has 0 N–H and O–H groups in total. The quantitative estimate of drug-likeness (QED) is 0.269. The lowest BCUT2D eigenvalue weighted by atomic mass is 10.2. The second-order valence-electron chi connectivity index (χ2n) is 1.58. The van der Waals surface area contributed by atoms with Gasteiger partial charge in [-0.1, -0.05) is 13.5 Å². The van der Waals surface area contributed by atoms with Crippen LogP contribution >= 0.6 is 11.6 Å². The molecule has 0 aromatic carbocycles. The summed E-state index contributed by atoms with van der Waals surface area (Å²) in [6.45, 7) is 5.07. The molecule has 0 amide bonds. The minimum absolute atomic E-state index is 0.231. The van der Waals surface area contributed by atoms with Gasteiger partial charge < -0.3 is 4.74 Å². The maximum atomic E-state index is 10.6. The monoisotopic (exact) mass is 162 g/mol. The Labute approximate surface area is 63.6 Å². The molecule has 0 radical (unpaired) electrons. The summed E-state index contributed by atoms with van der Waals surface area (Å²) in [7, 11) is 0. The van der Waals surface area contributed by atoms with E-state index in [1.54, 1.807) is 6.92 Å². The summed E-state index contributed by atoms with van der Waals surface area (Å²) in [6.07, 6.45) is 0.447. The number of hydrogen-bond acceptors (Lipinski definition) is 3. The fraction of sp³-hybridized carbons (Fsp3) is 0.333. The van der Waals surface area contributed by atoms with Crippen molar-refractivity contribution in [1.29, 1.82) is 0 Å². The van der Waals surface area contributed by atoms with Gasteiger partial charge in [-0.15, -0.1) is 0 Å². The molecular formula is C6H7ClO3. The Morgan fingerprint density at radius 2 is 2.10 bits per heavy atom. The number of carbonyl (C=O) groups is 2. The van der Waals surface area contributed by atoms with Crippen molar-refractivity contribution < 1.29 is 14.3 Å². The molecule has 0 aromatic rings. The summed E-state index contributed by atoms with van der Waals surface area (Å²) in [5.74, 6) is -0.762. The van der Waals surface area contributed by atoms with E-state index in [0.29, 0.717) is 6.42 Å². The third-order valence-electron chi connectivity index (χ3n) is 0.888. The molecule has 0 saturated heterocycles. The molecule has 10 heavy (non-hydrogen) atoms. The Bertz CT molecular complexity index is 174. The van der Waals surface area contributed by atoms with Crippen LogP contribution in [0.5, 0.6) is 0 Å². The van der Waals surface area contributed by atoms with Gasteiger partial charge in [-0.3, -0.25) is 0 Å². The van der Waals surface area contributed by atoms with Crippen LogP contribution in [0.3, 0.4) is 0 Å². The standard InChI is InChI=1S/C6H7ClO3/c1-3-4(2)5(8)10-6(7)9/h2-3H2,1H3. The summed E-state index contributed by atoms with van der Waals surface area (Å²) in [6, 6.07) is 0. The van der Waals surface area contributed by atoms with Gasteiger partial charge in [0.1, 0.15) is 0 Å². The number of esters is 1. The maximum absolute atomic E-state index is 10.6. The number of ether oxygens (including phenoxy) is 1. The van der Waals surface area contributed by atoms with E-state index in [4.69, 9.17) is 11.6 Å². The van der Waals surface area contributed by atoms with E-state index >= 15 is 0 Å². The van der Waals surface area contributed by atoms with E-state index in [1.165, 1.54) is 0 Å². The van der Waals surface area contributed by atoms with E-state index in [2.05, 4.69) is 11.3 Å². The van der Waals surface area contributed by atoms with Crippen molar-refractivity contribution in [2.75, 3.05) is 0 Å². The van der Waals surface area contributed by atoms with Crippen LogP contribution in [0.1, 0.15) is 13.3 Å². The van der Waals surface area contributed by atoms with Crippen LogP contribution in [0.25, 0.3) is 0 Å². The van der Waals surface area contributed by atoms with Gasteiger partial charge in [0.05, 0.1) is 0 Å². The summed E-state index contributed by atoms with van der Waals surface area (Å²) >= 11 is 4.75. The van der Waals surface area contributed by atoms with Crippen LogP contribution in [0.2, 0.25) is 0 Å². The molecule has 0 fully saturated rings.